The Labute approximate surface area is 253 Å². The number of hydrogen-bond acceptors (Lipinski definition) is 6. The van der Waals surface area contributed by atoms with Crippen molar-refractivity contribution in [1.82, 2.24) is 14.7 Å². The highest BCUT2D eigenvalue weighted by Gasteiger charge is 2.71. The molecule has 0 radical (unpaired) electrons. The van der Waals surface area contributed by atoms with E-state index in [4.69, 9.17) is 11.6 Å². The number of aromatic nitrogens is 2. The summed E-state index contributed by atoms with van der Waals surface area (Å²) in [6.45, 7) is 0. The minimum absolute atomic E-state index is 0.133. The molecular formula is C28H18ClF6N3O4S2. The highest BCUT2D eigenvalue weighted by molar-refractivity contribution is 7.89. The van der Waals surface area contributed by atoms with E-state index in [1.165, 1.54) is 18.2 Å². The number of pyridine rings is 2. The van der Waals surface area contributed by atoms with E-state index in [0.717, 1.165) is 35.9 Å². The monoisotopic (exact) mass is 673 g/mol. The zero-order valence-electron chi connectivity index (χ0n) is 21.7. The smallest absolute Gasteiger partial charge is 0.369 e. The Morgan fingerprint density at radius 3 is 2.27 bits per heavy atom. The molecule has 5 aromatic rings. The number of halogens is 7. The van der Waals surface area contributed by atoms with Crippen molar-refractivity contribution >= 4 is 43.0 Å². The van der Waals surface area contributed by atoms with Gasteiger partial charge in [-0.25, -0.2) is 8.42 Å². The largest absolute Gasteiger partial charge is 0.430 e. The van der Waals surface area contributed by atoms with Gasteiger partial charge in [-0.1, -0.05) is 48.0 Å². The van der Waals surface area contributed by atoms with Crippen LogP contribution in [0.5, 0.6) is 0 Å². The summed E-state index contributed by atoms with van der Waals surface area (Å²) in [6.07, 6.45) is -10.4. The van der Waals surface area contributed by atoms with E-state index in [0.29, 0.717) is 32.7 Å². The first-order chi connectivity index (χ1) is 20.5. The van der Waals surface area contributed by atoms with Crippen molar-refractivity contribution in [3.05, 3.63) is 117 Å². The fraction of sp³-hybridized carbons (Fsp3) is 0.143. The quantitative estimate of drug-likeness (QED) is 0.167. The number of fused-ring (bicyclic) bond motifs is 1. The second kappa shape index (κ2) is 11.3. The molecule has 0 spiro atoms. The predicted octanol–water partition coefficient (Wildman–Crippen LogP) is 6.69. The summed E-state index contributed by atoms with van der Waals surface area (Å²) in [5, 5.41) is 10.6. The van der Waals surface area contributed by atoms with Gasteiger partial charge in [0, 0.05) is 44.2 Å². The summed E-state index contributed by atoms with van der Waals surface area (Å²) < 4.78 is 111. The number of aliphatic hydroxyl groups is 1. The van der Waals surface area contributed by atoms with Gasteiger partial charge in [-0.2, -0.15) is 31.1 Å². The molecule has 0 aliphatic carbocycles. The van der Waals surface area contributed by atoms with Crippen LogP contribution in [0.4, 0.5) is 26.3 Å². The Kier molecular flexibility index (Phi) is 8.13. The number of H-pyrrole nitrogens is 1. The van der Waals surface area contributed by atoms with E-state index in [2.05, 4.69) is 14.7 Å². The molecule has 7 nitrogen and oxygen atoms in total. The van der Waals surface area contributed by atoms with Gasteiger partial charge in [0.1, 0.15) is 0 Å². The van der Waals surface area contributed by atoms with Gasteiger partial charge in [-0.3, -0.25) is 9.78 Å². The van der Waals surface area contributed by atoms with Crippen LogP contribution < -0.4 is 10.3 Å². The van der Waals surface area contributed by atoms with Crippen LogP contribution in [0.25, 0.3) is 21.3 Å². The van der Waals surface area contributed by atoms with Crippen LogP contribution >= 0.6 is 22.9 Å². The van der Waals surface area contributed by atoms with E-state index in [1.807, 2.05) is 0 Å². The molecule has 3 N–H and O–H groups in total. The summed E-state index contributed by atoms with van der Waals surface area (Å²) in [5.74, 6) is 0. The lowest BCUT2D eigenvalue weighted by atomic mass is 9.91. The van der Waals surface area contributed by atoms with Crippen molar-refractivity contribution < 1.29 is 39.9 Å². The number of sulfonamides is 1. The van der Waals surface area contributed by atoms with Gasteiger partial charge in [-0.15, -0.1) is 11.3 Å². The Bertz CT molecular complexity index is 1990. The number of aromatic amines is 1. The zero-order chi connectivity index (χ0) is 32.1. The number of hydrogen-bond donors (Lipinski definition) is 3. The average Bonchev–Trinajstić information content (AvgIpc) is 3.39. The van der Waals surface area contributed by atoms with Crippen LogP contribution in [-0.2, 0) is 15.6 Å². The molecule has 0 saturated heterocycles. The predicted molar refractivity (Wildman–Crippen MR) is 152 cm³/mol. The molecule has 0 bridgehead atoms. The number of alkyl halides is 6. The molecule has 2 aromatic carbocycles. The summed E-state index contributed by atoms with van der Waals surface area (Å²) in [6, 6.07) is 14.5. The fourth-order valence-electron chi connectivity index (χ4n) is 4.49. The third-order valence-corrected chi connectivity index (χ3v) is 9.69. The topological polar surface area (TPSA) is 112 Å². The maximum Gasteiger partial charge on any atom is 0.430 e. The number of nitrogens with one attached hydrogen (secondary N) is 2. The number of thiophene rings is 1. The lowest BCUT2D eigenvalue weighted by Crippen LogP contribution is -2.53. The second-order valence-corrected chi connectivity index (χ2v) is 12.7. The van der Waals surface area contributed by atoms with Gasteiger partial charge in [0.05, 0.1) is 16.6 Å². The van der Waals surface area contributed by atoms with Gasteiger partial charge in [0.15, 0.2) is 0 Å². The molecule has 0 aliphatic heterocycles. The molecule has 16 heteroatoms. The second-order valence-electron chi connectivity index (χ2n) is 9.47. The minimum atomic E-state index is -6.09. The van der Waals surface area contributed by atoms with E-state index < -0.39 is 45.1 Å². The molecule has 1 atom stereocenters. The normalized spacial score (nSPS) is 13.7. The van der Waals surface area contributed by atoms with Crippen LogP contribution in [0.2, 0.25) is 5.02 Å². The molecule has 0 saturated carbocycles. The summed E-state index contributed by atoms with van der Waals surface area (Å²) in [5.41, 5.74) is -6.97. The molecule has 0 amide bonds. The Morgan fingerprint density at radius 2 is 1.64 bits per heavy atom. The molecule has 44 heavy (non-hydrogen) atoms. The first-order valence-corrected chi connectivity index (χ1v) is 15.0. The van der Waals surface area contributed by atoms with Crippen molar-refractivity contribution in [3.8, 4) is 11.3 Å². The van der Waals surface area contributed by atoms with Crippen LogP contribution in [-0.4, -0.2) is 35.8 Å². The van der Waals surface area contributed by atoms with Gasteiger partial charge in [-0.05, 0) is 41.3 Å². The van der Waals surface area contributed by atoms with Crippen molar-refractivity contribution in [2.75, 3.05) is 0 Å². The highest BCUT2D eigenvalue weighted by Crippen LogP contribution is 2.50. The molecule has 230 valence electrons. The maximum atomic E-state index is 13.6. The standard InChI is InChI=1S/C28H18ClF6N3O4S2/c29-20-7-2-1-5-18(20)24(38-44(41,42)17-8-9-23(39)37-14-17)22-12-15-4-3-6-19(25(15)43-22)21-13-16(10-11-36-21)26(40,27(30,31)32)28(33,34)35/h1-14,24,38,40H,(H,37,39). The SMILES string of the molecule is O=c1ccc(S(=O)(=O)NC(c2cc3cccc(-c4cc(C(O)(C(F)(F)F)C(F)(F)F)ccn4)c3s2)c2ccccc2Cl)c[nH]1. The van der Waals surface area contributed by atoms with Gasteiger partial charge in [0.25, 0.3) is 5.60 Å². The van der Waals surface area contributed by atoms with Crippen molar-refractivity contribution in [2.45, 2.75) is 28.9 Å². The fourth-order valence-corrected chi connectivity index (χ4v) is 7.22. The number of nitrogens with zero attached hydrogens (tertiary/aromatic N) is 1. The third kappa shape index (κ3) is 5.73. The summed E-state index contributed by atoms with van der Waals surface area (Å²) in [7, 11) is -4.26. The molecule has 3 aromatic heterocycles. The van der Waals surface area contributed by atoms with Gasteiger partial charge >= 0.3 is 12.4 Å². The molecule has 0 aliphatic rings. The zero-order valence-corrected chi connectivity index (χ0v) is 24.1. The van der Waals surface area contributed by atoms with Crippen molar-refractivity contribution in [3.63, 3.8) is 0 Å². The number of benzene rings is 2. The van der Waals surface area contributed by atoms with Crippen LogP contribution in [0.1, 0.15) is 22.0 Å². The van der Waals surface area contributed by atoms with Gasteiger partial charge < -0.3 is 10.1 Å². The van der Waals surface area contributed by atoms with Gasteiger partial charge in [0.2, 0.25) is 15.6 Å². The molecule has 0 fully saturated rings. The third-order valence-electron chi connectivity index (χ3n) is 6.68. The van der Waals surface area contributed by atoms with E-state index in [-0.39, 0.29) is 21.2 Å². The first-order valence-electron chi connectivity index (χ1n) is 12.3. The number of rotatable bonds is 7. The van der Waals surface area contributed by atoms with Crippen LogP contribution in [0, 0.1) is 0 Å². The van der Waals surface area contributed by atoms with E-state index >= 15 is 0 Å². The minimum Gasteiger partial charge on any atom is -0.369 e. The van der Waals surface area contributed by atoms with Crippen LogP contribution in [0.3, 0.4) is 0 Å². The molecular weight excluding hydrogens is 656 g/mol. The molecule has 3 heterocycles. The van der Waals surface area contributed by atoms with Crippen LogP contribution in [0.15, 0.2) is 94.9 Å². The Balaban J connectivity index is 1.65. The molecule has 1 unspecified atom stereocenters. The first kappa shape index (κ1) is 31.7. The molecule has 5 rings (SSSR count). The highest BCUT2D eigenvalue weighted by atomic mass is 35.5. The average molecular weight is 674 g/mol. The van der Waals surface area contributed by atoms with E-state index in [1.54, 1.807) is 30.3 Å². The Hall–Kier alpha value is -3.76. The van der Waals surface area contributed by atoms with E-state index in [9.17, 15) is 44.7 Å². The lowest BCUT2D eigenvalue weighted by Gasteiger charge is -2.32. The summed E-state index contributed by atoms with van der Waals surface area (Å²) >= 11 is 7.43. The Morgan fingerprint density at radius 1 is 0.932 bits per heavy atom. The van der Waals surface area contributed by atoms with Crippen molar-refractivity contribution in [2.24, 2.45) is 0 Å². The summed E-state index contributed by atoms with van der Waals surface area (Å²) in [4.78, 5) is 17.8. The van der Waals surface area contributed by atoms with Crippen molar-refractivity contribution in [1.29, 1.82) is 0 Å². The maximum absolute atomic E-state index is 13.6. The lowest BCUT2D eigenvalue weighted by molar-refractivity contribution is -0.376.